The average molecular weight is 342 g/mol. The second-order valence-corrected chi connectivity index (χ2v) is 11.0. The molecule has 134 valence electrons. The highest BCUT2D eigenvalue weighted by molar-refractivity contribution is 7.59. The molecule has 23 heavy (non-hydrogen) atoms. The number of allylic oxidation sites excluding steroid dienone is 2. The smallest absolute Gasteiger partial charge is 0.224 e. The fraction of sp³-hybridized carbons (Fsp3) is 0.778. The van der Waals surface area contributed by atoms with Crippen LogP contribution in [0.3, 0.4) is 0 Å². The standard InChI is InChI=1S/C18H35N2O2P/c1-10-13-22-16(15(2)3)14-23(21)19(17(4,5)6)11-12-20(23)18(7,8)9/h10H,1,11-14H2,2-9H3. The van der Waals surface area contributed by atoms with Crippen LogP contribution in [0.1, 0.15) is 55.4 Å². The monoisotopic (exact) mass is 342 g/mol. The summed E-state index contributed by atoms with van der Waals surface area (Å²) in [4.78, 5) is 0. The Morgan fingerprint density at radius 3 is 1.83 bits per heavy atom. The minimum Gasteiger partial charge on any atom is -0.493 e. The molecule has 0 spiro atoms. The number of ether oxygens (including phenoxy) is 1. The van der Waals surface area contributed by atoms with Gasteiger partial charge in [0.15, 0.2) is 0 Å². The van der Waals surface area contributed by atoms with E-state index in [2.05, 4.69) is 57.5 Å². The van der Waals surface area contributed by atoms with Crippen molar-refractivity contribution in [3.63, 3.8) is 0 Å². The number of hydrogen-bond donors (Lipinski definition) is 0. The molecule has 5 heteroatoms. The molecule has 0 N–H and O–H groups in total. The zero-order valence-electron chi connectivity index (χ0n) is 16.3. The Morgan fingerprint density at radius 2 is 1.52 bits per heavy atom. The normalized spacial score (nSPS) is 19.7. The van der Waals surface area contributed by atoms with Crippen LogP contribution in [0.5, 0.6) is 0 Å². The van der Waals surface area contributed by atoms with Gasteiger partial charge in [0.05, 0.1) is 6.16 Å². The van der Waals surface area contributed by atoms with E-state index in [0.717, 1.165) is 24.4 Å². The lowest BCUT2D eigenvalue weighted by atomic mass is 10.1. The van der Waals surface area contributed by atoms with Crippen molar-refractivity contribution in [1.82, 2.24) is 9.34 Å². The molecule has 1 aliphatic heterocycles. The van der Waals surface area contributed by atoms with E-state index in [4.69, 9.17) is 4.74 Å². The number of hydrogen-bond acceptors (Lipinski definition) is 2. The lowest BCUT2D eigenvalue weighted by molar-refractivity contribution is 0.234. The van der Waals surface area contributed by atoms with Crippen LogP contribution in [-0.4, -0.2) is 46.3 Å². The quantitative estimate of drug-likeness (QED) is 0.404. The molecule has 1 aliphatic rings. The summed E-state index contributed by atoms with van der Waals surface area (Å²) in [6, 6.07) is 0. The third kappa shape index (κ3) is 4.71. The van der Waals surface area contributed by atoms with Crippen molar-refractivity contribution < 1.29 is 9.30 Å². The first kappa shape index (κ1) is 20.5. The summed E-state index contributed by atoms with van der Waals surface area (Å²) in [5, 5.41) is 0. The fourth-order valence-electron chi connectivity index (χ4n) is 3.11. The summed E-state index contributed by atoms with van der Waals surface area (Å²) in [5.74, 6) is 0.832. The highest BCUT2D eigenvalue weighted by Gasteiger charge is 2.51. The van der Waals surface area contributed by atoms with Gasteiger partial charge in [0.25, 0.3) is 0 Å². The summed E-state index contributed by atoms with van der Waals surface area (Å²) in [7, 11) is -2.73. The minimum absolute atomic E-state index is 0.138. The van der Waals surface area contributed by atoms with Crippen LogP contribution < -0.4 is 0 Å². The first-order valence-electron chi connectivity index (χ1n) is 8.39. The molecule has 0 aliphatic carbocycles. The van der Waals surface area contributed by atoms with Crippen molar-refractivity contribution in [2.24, 2.45) is 0 Å². The Bertz CT molecular complexity index is 482. The van der Waals surface area contributed by atoms with Gasteiger partial charge >= 0.3 is 0 Å². The van der Waals surface area contributed by atoms with E-state index in [9.17, 15) is 4.57 Å². The number of rotatable bonds is 5. The van der Waals surface area contributed by atoms with E-state index in [1.165, 1.54) is 0 Å². The van der Waals surface area contributed by atoms with Crippen molar-refractivity contribution >= 4 is 7.44 Å². The van der Waals surface area contributed by atoms with Crippen LogP contribution in [0.2, 0.25) is 0 Å². The zero-order valence-corrected chi connectivity index (χ0v) is 17.2. The second kappa shape index (κ2) is 7.13. The second-order valence-electron chi connectivity index (χ2n) is 8.43. The molecule has 0 atom stereocenters. The van der Waals surface area contributed by atoms with E-state index in [0.29, 0.717) is 12.8 Å². The number of nitrogens with zero attached hydrogens (tertiary/aromatic N) is 2. The third-order valence-electron chi connectivity index (χ3n) is 4.11. The third-order valence-corrected chi connectivity index (χ3v) is 7.92. The molecular weight excluding hydrogens is 307 g/mol. The van der Waals surface area contributed by atoms with Crippen LogP contribution in [-0.2, 0) is 9.30 Å². The summed E-state index contributed by atoms with van der Waals surface area (Å²) < 4.78 is 24.4. The van der Waals surface area contributed by atoms with Crippen molar-refractivity contribution in [2.75, 3.05) is 25.9 Å². The predicted molar refractivity (Wildman–Crippen MR) is 99.9 cm³/mol. The average Bonchev–Trinajstić information content (AvgIpc) is 2.71. The molecule has 1 fully saturated rings. The molecular formula is C18H35N2O2P. The Hall–Kier alpha value is -0.570. The highest BCUT2D eigenvalue weighted by Crippen LogP contribution is 2.63. The molecule has 0 saturated carbocycles. The lowest BCUT2D eigenvalue weighted by Gasteiger charge is -2.43. The summed E-state index contributed by atoms with van der Waals surface area (Å²) >= 11 is 0. The topological polar surface area (TPSA) is 32.8 Å². The Kier molecular flexibility index (Phi) is 6.34. The summed E-state index contributed by atoms with van der Waals surface area (Å²) in [6.45, 7) is 22.7. The van der Waals surface area contributed by atoms with Gasteiger partial charge in [0.2, 0.25) is 7.44 Å². The molecule has 0 amide bonds. The van der Waals surface area contributed by atoms with Crippen LogP contribution in [0.4, 0.5) is 0 Å². The van der Waals surface area contributed by atoms with Gasteiger partial charge in [-0.25, -0.2) is 9.34 Å². The van der Waals surface area contributed by atoms with Gasteiger partial charge < -0.3 is 4.74 Å². The van der Waals surface area contributed by atoms with Crippen molar-refractivity contribution in [3.05, 3.63) is 24.0 Å². The Labute approximate surface area is 143 Å². The highest BCUT2D eigenvalue weighted by atomic mass is 31.2. The maximum Gasteiger partial charge on any atom is 0.224 e. The molecule has 1 saturated heterocycles. The SMILES string of the molecule is C=CCOC(CP1(=O)N(C(C)(C)C)CCN1C(C)(C)C)=C(C)C. The van der Waals surface area contributed by atoms with Crippen molar-refractivity contribution in [3.8, 4) is 0 Å². The van der Waals surface area contributed by atoms with Gasteiger partial charge in [-0.1, -0.05) is 12.7 Å². The molecule has 0 aromatic rings. The van der Waals surface area contributed by atoms with Gasteiger partial charge in [-0.3, -0.25) is 4.57 Å². The van der Waals surface area contributed by atoms with E-state index in [-0.39, 0.29) is 11.1 Å². The Balaban J connectivity index is 3.27. The zero-order chi connectivity index (χ0) is 18.1. The van der Waals surface area contributed by atoms with E-state index in [1.54, 1.807) is 6.08 Å². The van der Waals surface area contributed by atoms with Crippen LogP contribution in [0.15, 0.2) is 24.0 Å². The van der Waals surface area contributed by atoms with Gasteiger partial charge in [-0.15, -0.1) is 0 Å². The van der Waals surface area contributed by atoms with Gasteiger partial charge in [0.1, 0.15) is 12.4 Å². The summed E-state index contributed by atoms with van der Waals surface area (Å²) in [5.41, 5.74) is 0.804. The van der Waals surface area contributed by atoms with Crippen LogP contribution >= 0.6 is 7.44 Å². The first-order valence-corrected chi connectivity index (χ1v) is 10.2. The molecule has 1 heterocycles. The summed E-state index contributed by atoms with van der Waals surface area (Å²) in [6.07, 6.45) is 2.19. The molecule has 0 radical (unpaired) electrons. The Morgan fingerprint density at radius 1 is 1.09 bits per heavy atom. The predicted octanol–water partition coefficient (Wildman–Crippen LogP) is 4.89. The van der Waals surface area contributed by atoms with Gasteiger partial charge in [-0.05, 0) is 61.0 Å². The van der Waals surface area contributed by atoms with Gasteiger partial charge in [-0.2, -0.15) is 0 Å². The molecule has 1 rings (SSSR count). The van der Waals surface area contributed by atoms with Crippen LogP contribution in [0, 0.1) is 0 Å². The molecule has 0 aromatic heterocycles. The molecule has 0 aromatic carbocycles. The maximum atomic E-state index is 14.2. The fourth-order valence-corrected chi connectivity index (χ4v) is 7.17. The van der Waals surface area contributed by atoms with Crippen LogP contribution in [0.25, 0.3) is 0 Å². The largest absolute Gasteiger partial charge is 0.493 e. The lowest BCUT2D eigenvalue weighted by Crippen LogP contribution is -2.41. The van der Waals surface area contributed by atoms with E-state index < -0.39 is 7.44 Å². The van der Waals surface area contributed by atoms with E-state index >= 15 is 0 Å². The minimum atomic E-state index is -2.73. The van der Waals surface area contributed by atoms with Gasteiger partial charge in [0, 0.05) is 24.2 Å². The molecule has 0 bridgehead atoms. The van der Waals surface area contributed by atoms with Crippen molar-refractivity contribution in [1.29, 1.82) is 0 Å². The molecule has 4 nitrogen and oxygen atoms in total. The first-order chi connectivity index (χ1) is 10.3. The molecule has 0 unspecified atom stereocenters. The van der Waals surface area contributed by atoms with E-state index in [1.807, 2.05) is 13.8 Å². The maximum absolute atomic E-state index is 14.2. The van der Waals surface area contributed by atoms with Crippen molar-refractivity contribution in [2.45, 2.75) is 66.5 Å².